The van der Waals surface area contributed by atoms with Crippen molar-refractivity contribution >= 4 is 17.7 Å². The number of rotatable bonds is 4. The molecular weight excluding hydrogens is 464 g/mol. The third kappa shape index (κ3) is 3.93. The summed E-state index contributed by atoms with van der Waals surface area (Å²) in [7, 11) is 2.01. The van der Waals surface area contributed by atoms with Crippen LogP contribution in [0, 0.1) is 6.92 Å². The van der Waals surface area contributed by atoms with Crippen LogP contribution in [-0.2, 0) is 23.2 Å². The number of amides is 3. The Morgan fingerprint density at radius 3 is 2.43 bits per heavy atom. The topological polar surface area (TPSA) is 84.3 Å². The number of nitrogens with one attached hydrogen (secondary N) is 1. The van der Waals surface area contributed by atoms with E-state index in [0.29, 0.717) is 18.5 Å². The van der Waals surface area contributed by atoms with Crippen molar-refractivity contribution in [3.8, 4) is 33.9 Å². The number of hydrogen-bond acceptors (Lipinski definition) is 4. The van der Waals surface area contributed by atoms with Gasteiger partial charge >= 0.3 is 0 Å². The molecule has 0 radical (unpaired) electrons. The number of fused-ring (bicyclic) bond motifs is 1. The monoisotopic (exact) mass is 490 g/mol. The summed E-state index contributed by atoms with van der Waals surface area (Å²) in [5.74, 6) is -0.0791. The summed E-state index contributed by atoms with van der Waals surface area (Å²) in [5, 5.41) is 2.36. The lowest BCUT2D eigenvalue weighted by atomic mass is 10.0. The highest BCUT2D eigenvalue weighted by atomic mass is 16.2. The molecule has 7 nitrogen and oxygen atoms in total. The first-order valence-corrected chi connectivity index (χ1v) is 12.4. The van der Waals surface area contributed by atoms with Gasteiger partial charge in [-0.15, -0.1) is 0 Å². The Hall–Kier alpha value is -4.52. The van der Waals surface area contributed by atoms with Crippen molar-refractivity contribution in [3.63, 3.8) is 0 Å². The summed E-state index contributed by atoms with van der Waals surface area (Å²) in [6.45, 7) is 2.41. The third-order valence-corrected chi connectivity index (χ3v) is 7.22. The molecule has 37 heavy (non-hydrogen) atoms. The maximum Gasteiger partial charge on any atom is 0.255 e. The Morgan fingerprint density at radius 2 is 1.68 bits per heavy atom. The number of imide groups is 1. The van der Waals surface area contributed by atoms with Crippen LogP contribution in [0.1, 0.15) is 34.3 Å². The van der Waals surface area contributed by atoms with E-state index in [1.165, 1.54) is 5.56 Å². The number of piperidine rings is 1. The molecule has 1 saturated heterocycles. The molecule has 0 aliphatic carbocycles. The van der Waals surface area contributed by atoms with Crippen LogP contribution in [0.4, 0.5) is 0 Å². The minimum atomic E-state index is -0.633. The molecule has 4 aromatic rings. The minimum absolute atomic E-state index is 0.179. The predicted molar refractivity (Wildman–Crippen MR) is 140 cm³/mol. The quantitative estimate of drug-likeness (QED) is 0.427. The maximum absolute atomic E-state index is 13.1. The SMILES string of the molecule is Cc1cccc(-c2c(-c3ccccc3)nc(-c3ccc4c(c3)CN(C3CCC(=O)NC3=O)C4=O)n2C)c1. The fourth-order valence-corrected chi connectivity index (χ4v) is 5.39. The highest BCUT2D eigenvalue weighted by Gasteiger charge is 2.39. The second kappa shape index (κ2) is 8.85. The molecule has 1 fully saturated rings. The lowest BCUT2D eigenvalue weighted by Crippen LogP contribution is -2.52. The van der Waals surface area contributed by atoms with Crippen LogP contribution in [0.15, 0.2) is 72.8 Å². The van der Waals surface area contributed by atoms with Crippen molar-refractivity contribution in [1.82, 2.24) is 19.8 Å². The highest BCUT2D eigenvalue weighted by Crippen LogP contribution is 2.37. The van der Waals surface area contributed by atoms with Gasteiger partial charge in [-0.05, 0) is 37.1 Å². The summed E-state index contributed by atoms with van der Waals surface area (Å²) < 4.78 is 2.10. The van der Waals surface area contributed by atoms with Gasteiger partial charge in [0.1, 0.15) is 11.9 Å². The zero-order valence-corrected chi connectivity index (χ0v) is 20.7. The molecule has 1 unspecified atom stereocenters. The van der Waals surface area contributed by atoms with Gasteiger partial charge in [0.2, 0.25) is 11.8 Å². The summed E-state index contributed by atoms with van der Waals surface area (Å²) in [4.78, 5) is 43.8. The molecule has 1 N–H and O–H groups in total. The number of carbonyl (C=O) groups is 3. The van der Waals surface area contributed by atoms with E-state index in [9.17, 15) is 14.4 Å². The first kappa shape index (κ1) is 22.9. The van der Waals surface area contributed by atoms with Crippen molar-refractivity contribution < 1.29 is 14.4 Å². The van der Waals surface area contributed by atoms with Gasteiger partial charge in [-0.2, -0.15) is 0 Å². The summed E-state index contributed by atoms with van der Waals surface area (Å²) in [6.07, 6.45) is 0.579. The van der Waals surface area contributed by atoms with Crippen LogP contribution in [-0.4, -0.2) is 38.2 Å². The number of benzene rings is 3. The van der Waals surface area contributed by atoms with Crippen LogP contribution in [0.2, 0.25) is 0 Å². The Bertz CT molecular complexity index is 1570. The van der Waals surface area contributed by atoms with Crippen molar-refractivity contribution in [2.45, 2.75) is 32.4 Å². The lowest BCUT2D eigenvalue weighted by molar-refractivity contribution is -0.136. The fraction of sp³-hybridized carbons (Fsp3) is 0.200. The molecule has 0 bridgehead atoms. The number of nitrogens with zero attached hydrogens (tertiary/aromatic N) is 3. The van der Waals surface area contributed by atoms with Gasteiger partial charge in [-0.1, -0.05) is 60.2 Å². The largest absolute Gasteiger partial charge is 0.327 e. The Balaban J connectivity index is 1.41. The van der Waals surface area contributed by atoms with Gasteiger partial charge in [0, 0.05) is 42.3 Å². The number of aromatic nitrogens is 2. The summed E-state index contributed by atoms with van der Waals surface area (Å²) >= 11 is 0. The molecule has 1 atom stereocenters. The molecule has 3 aromatic carbocycles. The van der Waals surface area contributed by atoms with E-state index in [1.54, 1.807) is 4.90 Å². The van der Waals surface area contributed by atoms with Gasteiger partial charge in [-0.25, -0.2) is 4.98 Å². The molecule has 2 aliphatic rings. The molecule has 6 rings (SSSR count). The Labute approximate surface area is 214 Å². The Kier molecular flexibility index (Phi) is 5.48. The van der Waals surface area contributed by atoms with Crippen molar-refractivity contribution in [2.24, 2.45) is 7.05 Å². The van der Waals surface area contributed by atoms with Gasteiger partial charge in [0.25, 0.3) is 5.91 Å². The van der Waals surface area contributed by atoms with Crippen molar-refractivity contribution in [2.75, 3.05) is 0 Å². The molecular formula is C30H26N4O3. The smallest absolute Gasteiger partial charge is 0.255 e. The molecule has 7 heteroatoms. The van der Waals surface area contributed by atoms with Gasteiger partial charge in [0.15, 0.2) is 0 Å². The molecule has 2 aliphatic heterocycles. The first-order valence-electron chi connectivity index (χ1n) is 12.4. The maximum atomic E-state index is 13.1. The fourth-order valence-electron chi connectivity index (χ4n) is 5.39. The van der Waals surface area contributed by atoms with Gasteiger partial charge in [0.05, 0.1) is 11.4 Å². The average Bonchev–Trinajstić information content (AvgIpc) is 3.41. The summed E-state index contributed by atoms with van der Waals surface area (Å²) in [6, 6.07) is 23.6. The number of carbonyl (C=O) groups excluding carboxylic acids is 3. The zero-order valence-electron chi connectivity index (χ0n) is 20.7. The molecule has 1 aromatic heterocycles. The molecule has 0 saturated carbocycles. The van der Waals surface area contributed by atoms with E-state index in [4.69, 9.17) is 4.98 Å². The normalized spacial score (nSPS) is 17.2. The van der Waals surface area contributed by atoms with Crippen molar-refractivity contribution in [3.05, 3.63) is 89.5 Å². The van der Waals surface area contributed by atoms with E-state index in [0.717, 1.165) is 39.5 Å². The number of aryl methyl sites for hydroxylation is 1. The van der Waals surface area contributed by atoms with Crippen LogP contribution in [0.3, 0.4) is 0 Å². The predicted octanol–water partition coefficient (Wildman–Crippen LogP) is 4.49. The summed E-state index contributed by atoms with van der Waals surface area (Å²) in [5.41, 5.74) is 7.54. The van der Waals surface area contributed by atoms with E-state index >= 15 is 0 Å². The van der Waals surface area contributed by atoms with E-state index in [-0.39, 0.29) is 18.2 Å². The minimum Gasteiger partial charge on any atom is -0.327 e. The average molecular weight is 491 g/mol. The second-order valence-electron chi connectivity index (χ2n) is 9.70. The number of hydrogen-bond donors (Lipinski definition) is 1. The van der Waals surface area contributed by atoms with Crippen LogP contribution < -0.4 is 5.32 Å². The van der Waals surface area contributed by atoms with Gasteiger partial charge < -0.3 is 9.47 Å². The molecule has 0 spiro atoms. The molecule has 3 heterocycles. The zero-order chi connectivity index (χ0) is 25.7. The van der Waals surface area contributed by atoms with Crippen LogP contribution >= 0.6 is 0 Å². The van der Waals surface area contributed by atoms with E-state index in [2.05, 4.69) is 53.2 Å². The van der Waals surface area contributed by atoms with Gasteiger partial charge in [-0.3, -0.25) is 19.7 Å². The van der Waals surface area contributed by atoms with Crippen LogP contribution in [0.5, 0.6) is 0 Å². The lowest BCUT2D eigenvalue weighted by Gasteiger charge is -2.29. The first-order chi connectivity index (χ1) is 17.9. The van der Waals surface area contributed by atoms with Crippen LogP contribution in [0.25, 0.3) is 33.9 Å². The van der Waals surface area contributed by atoms with Crippen molar-refractivity contribution in [1.29, 1.82) is 0 Å². The molecule has 3 amide bonds. The third-order valence-electron chi connectivity index (χ3n) is 7.22. The Morgan fingerprint density at radius 1 is 0.892 bits per heavy atom. The highest BCUT2D eigenvalue weighted by molar-refractivity contribution is 6.05. The second-order valence-corrected chi connectivity index (χ2v) is 9.70. The molecule has 184 valence electrons. The number of imidazole rings is 1. The van der Waals surface area contributed by atoms with E-state index < -0.39 is 11.9 Å². The van der Waals surface area contributed by atoms with E-state index in [1.807, 2.05) is 43.4 Å². The standard InChI is InChI=1S/C30H26N4O3/c1-18-7-6-10-20(15-18)27-26(19-8-4-3-5-9-19)32-28(33(27)2)21-11-12-23-22(16-21)17-34(30(23)37)24-13-14-25(35)31-29(24)36/h3-12,15-16,24H,13-14,17H2,1-2H3,(H,31,35,36).